The van der Waals surface area contributed by atoms with Crippen molar-refractivity contribution in [3.63, 3.8) is 0 Å². The molecule has 0 aliphatic heterocycles. The molecule has 0 spiro atoms. The molecular formula is C11H12F4N2. The van der Waals surface area contributed by atoms with Crippen molar-refractivity contribution in [3.8, 4) is 0 Å². The van der Waals surface area contributed by atoms with Gasteiger partial charge in [-0.2, -0.15) is 13.2 Å². The quantitative estimate of drug-likeness (QED) is 0.480. The van der Waals surface area contributed by atoms with Crippen LogP contribution in [0, 0.1) is 5.82 Å². The molecule has 0 aliphatic carbocycles. The fraction of sp³-hybridized carbons (Fsp3) is 0.273. The van der Waals surface area contributed by atoms with Crippen LogP contribution in [0.15, 0.2) is 24.8 Å². The molecule has 94 valence electrons. The number of hydrogen-bond donors (Lipinski definition) is 2. The summed E-state index contributed by atoms with van der Waals surface area (Å²) in [5, 5.41) is 0. The first-order chi connectivity index (χ1) is 7.59. The van der Waals surface area contributed by atoms with E-state index in [-0.39, 0.29) is 11.3 Å². The van der Waals surface area contributed by atoms with Crippen LogP contribution in [-0.2, 0) is 11.7 Å². The molecule has 6 heteroatoms. The average molecular weight is 248 g/mol. The molecule has 0 saturated heterocycles. The van der Waals surface area contributed by atoms with Crippen LogP contribution < -0.4 is 11.5 Å². The van der Waals surface area contributed by atoms with E-state index in [9.17, 15) is 17.6 Å². The molecule has 0 bridgehead atoms. The lowest BCUT2D eigenvalue weighted by molar-refractivity contribution is -0.140. The van der Waals surface area contributed by atoms with Gasteiger partial charge in [0.1, 0.15) is 5.82 Å². The van der Waals surface area contributed by atoms with Gasteiger partial charge in [-0.05, 0) is 19.1 Å². The Morgan fingerprint density at radius 2 is 1.71 bits per heavy atom. The van der Waals surface area contributed by atoms with Crippen molar-refractivity contribution in [2.24, 2.45) is 5.73 Å². The van der Waals surface area contributed by atoms with E-state index in [1.54, 1.807) is 0 Å². The summed E-state index contributed by atoms with van der Waals surface area (Å²) in [6, 6.07) is 1.62. The first kappa shape index (κ1) is 13.5. The van der Waals surface area contributed by atoms with Gasteiger partial charge in [0.25, 0.3) is 0 Å². The molecule has 0 aliphatic rings. The Balaban J connectivity index is 3.55. The Kier molecular flexibility index (Phi) is 3.20. The first-order valence-electron chi connectivity index (χ1n) is 4.68. The second kappa shape index (κ2) is 4.03. The fourth-order valence-corrected chi connectivity index (χ4v) is 1.36. The van der Waals surface area contributed by atoms with E-state index in [2.05, 4.69) is 6.58 Å². The lowest BCUT2D eigenvalue weighted by Crippen LogP contribution is -2.32. The summed E-state index contributed by atoms with van der Waals surface area (Å²) < 4.78 is 51.3. The average Bonchev–Trinajstić information content (AvgIpc) is 2.19. The van der Waals surface area contributed by atoms with Gasteiger partial charge in [-0.1, -0.05) is 6.08 Å². The van der Waals surface area contributed by atoms with Crippen molar-refractivity contribution in [2.45, 2.75) is 18.6 Å². The predicted octanol–water partition coefficient (Wildman–Crippen LogP) is 2.79. The van der Waals surface area contributed by atoms with E-state index in [4.69, 9.17) is 11.5 Å². The van der Waals surface area contributed by atoms with Crippen LogP contribution in [0.2, 0.25) is 0 Å². The van der Waals surface area contributed by atoms with E-state index in [0.29, 0.717) is 6.07 Å². The maximum atomic E-state index is 13.7. The normalized spacial score (nSPS) is 15.4. The smallest absolute Gasteiger partial charge is 0.399 e. The zero-order valence-corrected chi connectivity index (χ0v) is 9.11. The molecule has 0 amide bonds. The fourth-order valence-electron chi connectivity index (χ4n) is 1.36. The molecule has 0 radical (unpaired) electrons. The molecule has 0 saturated carbocycles. The molecular weight excluding hydrogens is 236 g/mol. The van der Waals surface area contributed by atoms with Crippen molar-refractivity contribution in [1.29, 1.82) is 0 Å². The highest BCUT2D eigenvalue weighted by atomic mass is 19.4. The number of benzene rings is 1. The van der Waals surface area contributed by atoms with Crippen molar-refractivity contribution >= 4 is 5.69 Å². The minimum absolute atomic E-state index is 0.202. The molecule has 1 aromatic carbocycles. The zero-order valence-electron chi connectivity index (χ0n) is 9.11. The molecule has 4 N–H and O–H groups in total. The van der Waals surface area contributed by atoms with E-state index < -0.39 is 23.1 Å². The Labute approximate surface area is 95.9 Å². The summed E-state index contributed by atoms with van der Waals surface area (Å²) in [5.41, 5.74) is 7.58. The molecule has 1 aromatic rings. The van der Waals surface area contributed by atoms with Gasteiger partial charge < -0.3 is 11.5 Å². The lowest BCUT2D eigenvalue weighted by Gasteiger charge is -2.23. The minimum atomic E-state index is -4.81. The van der Waals surface area contributed by atoms with Crippen molar-refractivity contribution in [3.05, 3.63) is 41.7 Å². The molecule has 1 atom stereocenters. The van der Waals surface area contributed by atoms with Gasteiger partial charge in [0, 0.05) is 11.3 Å². The van der Waals surface area contributed by atoms with Crippen molar-refractivity contribution in [1.82, 2.24) is 0 Å². The van der Waals surface area contributed by atoms with Crippen LogP contribution in [0.5, 0.6) is 0 Å². The summed E-state index contributed by atoms with van der Waals surface area (Å²) in [6.45, 7) is 4.70. The molecule has 17 heavy (non-hydrogen) atoms. The summed E-state index contributed by atoms with van der Waals surface area (Å²) in [6.07, 6.45) is -3.66. The Bertz CT molecular complexity index is 450. The number of nitrogen functional groups attached to an aromatic ring is 1. The maximum Gasteiger partial charge on any atom is 0.419 e. The molecule has 0 aromatic heterocycles. The van der Waals surface area contributed by atoms with E-state index in [0.717, 1.165) is 12.1 Å². The molecule has 1 unspecified atom stereocenters. The van der Waals surface area contributed by atoms with Crippen LogP contribution in [0.25, 0.3) is 0 Å². The number of nitrogens with two attached hydrogens (primary N) is 2. The number of anilines is 1. The third kappa shape index (κ3) is 2.58. The van der Waals surface area contributed by atoms with Crippen molar-refractivity contribution < 1.29 is 17.6 Å². The number of alkyl halides is 3. The highest BCUT2D eigenvalue weighted by molar-refractivity contribution is 5.49. The van der Waals surface area contributed by atoms with Crippen LogP contribution in [0.1, 0.15) is 18.1 Å². The molecule has 0 heterocycles. The van der Waals surface area contributed by atoms with Gasteiger partial charge in [0.05, 0.1) is 11.1 Å². The summed E-state index contributed by atoms with van der Waals surface area (Å²) in [5.74, 6) is -1.42. The standard InChI is InChI=1S/C11H12F4N2/c1-3-10(2,17)7-4-6(16)5-8(9(7)12)11(13,14)15/h3-5H,1,16-17H2,2H3. The number of hydrogen-bond acceptors (Lipinski definition) is 2. The Morgan fingerprint density at radius 3 is 2.12 bits per heavy atom. The van der Waals surface area contributed by atoms with Gasteiger partial charge in [0.2, 0.25) is 0 Å². The zero-order chi connectivity index (χ0) is 13.4. The highest BCUT2D eigenvalue weighted by Gasteiger charge is 2.37. The summed E-state index contributed by atoms with van der Waals surface area (Å²) >= 11 is 0. The molecule has 0 fully saturated rings. The summed E-state index contributed by atoms with van der Waals surface area (Å²) in [7, 11) is 0. The Hall–Kier alpha value is -1.56. The van der Waals surface area contributed by atoms with Crippen molar-refractivity contribution in [2.75, 3.05) is 5.73 Å². The third-order valence-electron chi connectivity index (χ3n) is 2.40. The highest BCUT2D eigenvalue weighted by Crippen LogP contribution is 2.36. The van der Waals surface area contributed by atoms with Gasteiger partial charge in [-0.25, -0.2) is 4.39 Å². The third-order valence-corrected chi connectivity index (χ3v) is 2.40. The first-order valence-corrected chi connectivity index (χ1v) is 4.68. The van der Waals surface area contributed by atoms with Crippen LogP contribution >= 0.6 is 0 Å². The van der Waals surface area contributed by atoms with E-state index >= 15 is 0 Å². The molecule has 1 rings (SSSR count). The minimum Gasteiger partial charge on any atom is -0.399 e. The van der Waals surface area contributed by atoms with Gasteiger partial charge in [-0.3, -0.25) is 0 Å². The van der Waals surface area contributed by atoms with Crippen LogP contribution in [-0.4, -0.2) is 0 Å². The van der Waals surface area contributed by atoms with Gasteiger partial charge in [-0.15, -0.1) is 6.58 Å². The second-order valence-electron chi connectivity index (χ2n) is 3.91. The number of halogens is 4. The topological polar surface area (TPSA) is 52.0 Å². The van der Waals surface area contributed by atoms with Crippen LogP contribution in [0.3, 0.4) is 0 Å². The summed E-state index contributed by atoms with van der Waals surface area (Å²) in [4.78, 5) is 0. The van der Waals surface area contributed by atoms with Crippen LogP contribution in [0.4, 0.5) is 23.2 Å². The Morgan fingerprint density at radius 1 is 1.24 bits per heavy atom. The lowest BCUT2D eigenvalue weighted by atomic mass is 9.90. The second-order valence-corrected chi connectivity index (χ2v) is 3.91. The molecule has 2 nitrogen and oxygen atoms in total. The number of rotatable bonds is 2. The van der Waals surface area contributed by atoms with Gasteiger partial charge in [0.15, 0.2) is 0 Å². The monoisotopic (exact) mass is 248 g/mol. The van der Waals surface area contributed by atoms with E-state index in [1.807, 2.05) is 0 Å². The van der Waals surface area contributed by atoms with E-state index in [1.165, 1.54) is 6.92 Å². The predicted molar refractivity (Wildman–Crippen MR) is 57.6 cm³/mol. The maximum absolute atomic E-state index is 13.7. The SMILES string of the molecule is C=CC(C)(N)c1cc(N)cc(C(F)(F)F)c1F. The largest absolute Gasteiger partial charge is 0.419 e. The van der Waals surface area contributed by atoms with Gasteiger partial charge >= 0.3 is 6.18 Å².